The monoisotopic (exact) mass is 206 g/mol. The maximum absolute atomic E-state index is 11.5. The van der Waals surface area contributed by atoms with Crippen LogP contribution in [-0.2, 0) is 4.74 Å². The van der Waals surface area contributed by atoms with Crippen molar-refractivity contribution in [2.45, 2.75) is 6.92 Å². The van der Waals surface area contributed by atoms with Crippen molar-refractivity contribution in [3.63, 3.8) is 0 Å². The molecule has 0 fully saturated rings. The molecule has 0 aliphatic carbocycles. The fraction of sp³-hybridized carbons (Fsp3) is 0.200. The number of oxazole rings is 1. The van der Waals surface area contributed by atoms with Crippen LogP contribution in [0, 0.1) is 0 Å². The third kappa shape index (κ3) is 1.63. The summed E-state index contributed by atoms with van der Waals surface area (Å²) >= 11 is 0. The van der Waals surface area contributed by atoms with E-state index in [0.717, 1.165) is 0 Å². The number of hydrogen-bond donors (Lipinski definition) is 1. The first kappa shape index (κ1) is 9.51. The predicted octanol–water partition coefficient (Wildman–Crippen LogP) is 1.59. The summed E-state index contributed by atoms with van der Waals surface area (Å²) in [5, 5.41) is 0. The normalized spacial score (nSPS) is 10.5. The van der Waals surface area contributed by atoms with Gasteiger partial charge in [-0.05, 0) is 19.1 Å². The second-order valence-electron chi connectivity index (χ2n) is 2.93. The molecule has 1 aromatic carbocycles. The van der Waals surface area contributed by atoms with Crippen molar-refractivity contribution in [2.75, 3.05) is 12.3 Å². The maximum Gasteiger partial charge on any atom is 0.342 e. The average molecular weight is 206 g/mol. The zero-order valence-corrected chi connectivity index (χ0v) is 8.19. The van der Waals surface area contributed by atoms with Gasteiger partial charge >= 0.3 is 5.97 Å². The summed E-state index contributed by atoms with van der Waals surface area (Å²) in [4.78, 5) is 15.4. The smallest absolute Gasteiger partial charge is 0.342 e. The van der Waals surface area contributed by atoms with Crippen molar-refractivity contribution in [1.29, 1.82) is 0 Å². The number of esters is 1. The summed E-state index contributed by atoms with van der Waals surface area (Å²) < 4.78 is 10.0. The van der Waals surface area contributed by atoms with Crippen molar-refractivity contribution in [2.24, 2.45) is 0 Å². The number of ether oxygens (including phenoxy) is 1. The predicted molar refractivity (Wildman–Crippen MR) is 54.4 cm³/mol. The van der Waals surface area contributed by atoms with Gasteiger partial charge in [0, 0.05) is 0 Å². The fourth-order valence-electron chi connectivity index (χ4n) is 1.34. The van der Waals surface area contributed by atoms with Gasteiger partial charge in [0.1, 0.15) is 11.1 Å². The number of rotatable bonds is 2. The van der Waals surface area contributed by atoms with E-state index in [-0.39, 0.29) is 6.01 Å². The number of fused-ring (bicyclic) bond motifs is 1. The van der Waals surface area contributed by atoms with E-state index in [2.05, 4.69) is 4.98 Å². The molecule has 2 N–H and O–H groups in total. The zero-order valence-electron chi connectivity index (χ0n) is 8.19. The lowest BCUT2D eigenvalue weighted by Crippen LogP contribution is -2.04. The Kier molecular flexibility index (Phi) is 2.29. The van der Waals surface area contributed by atoms with Crippen LogP contribution in [0.2, 0.25) is 0 Å². The molecule has 0 atom stereocenters. The van der Waals surface area contributed by atoms with E-state index in [9.17, 15) is 4.79 Å². The van der Waals surface area contributed by atoms with Crippen LogP contribution in [0.15, 0.2) is 22.6 Å². The van der Waals surface area contributed by atoms with E-state index in [0.29, 0.717) is 23.3 Å². The molecule has 2 aromatic rings. The Morgan fingerprint density at radius 1 is 1.60 bits per heavy atom. The Labute approximate surface area is 85.8 Å². The zero-order chi connectivity index (χ0) is 10.8. The number of benzene rings is 1. The Balaban J connectivity index is 2.55. The lowest BCUT2D eigenvalue weighted by molar-refractivity contribution is 0.0527. The van der Waals surface area contributed by atoms with Crippen molar-refractivity contribution >= 4 is 23.1 Å². The van der Waals surface area contributed by atoms with Gasteiger partial charge in [0.15, 0.2) is 5.58 Å². The number of aromatic nitrogens is 1. The highest BCUT2D eigenvalue weighted by Gasteiger charge is 2.15. The first-order valence-corrected chi connectivity index (χ1v) is 4.54. The molecule has 0 saturated heterocycles. The fourth-order valence-corrected chi connectivity index (χ4v) is 1.34. The number of nitrogens with zero attached hydrogens (tertiary/aromatic N) is 1. The maximum atomic E-state index is 11.5. The lowest BCUT2D eigenvalue weighted by atomic mass is 10.2. The van der Waals surface area contributed by atoms with Gasteiger partial charge in [-0.3, -0.25) is 0 Å². The minimum absolute atomic E-state index is 0.0433. The van der Waals surface area contributed by atoms with Crippen molar-refractivity contribution in [1.82, 2.24) is 4.98 Å². The molecule has 2 rings (SSSR count). The molecule has 0 aliphatic rings. The molecule has 5 heteroatoms. The second-order valence-corrected chi connectivity index (χ2v) is 2.93. The highest BCUT2D eigenvalue weighted by molar-refractivity contribution is 6.01. The van der Waals surface area contributed by atoms with Crippen molar-refractivity contribution in [3.05, 3.63) is 23.8 Å². The minimum atomic E-state index is -0.431. The first-order chi connectivity index (χ1) is 7.22. The molecule has 0 aliphatic heterocycles. The Morgan fingerprint density at radius 3 is 3.13 bits per heavy atom. The molecular formula is C10H10N2O3. The molecule has 1 heterocycles. The molecule has 1 aromatic heterocycles. The van der Waals surface area contributed by atoms with Crippen molar-refractivity contribution < 1.29 is 13.9 Å². The molecule has 0 saturated carbocycles. The quantitative estimate of drug-likeness (QED) is 0.755. The summed E-state index contributed by atoms with van der Waals surface area (Å²) in [5.41, 5.74) is 6.67. The Hall–Kier alpha value is -2.04. The minimum Gasteiger partial charge on any atom is -0.462 e. The molecule has 0 bridgehead atoms. The largest absolute Gasteiger partial charge is 0.462 e. The van der Waals surface area contributed by atoms with Crippen LogP contribution in [0.4, 0.5) is 6.01 Å². The highest BCUT2D eigenvalue weighted by atomic mass is 16.5. The van der Waals surface area contributed by atoms with Crippen LogP contribution in [0.3, 0.4) is 0 Å². The summed E-state index contributed by atoms with van der Waals surface area (Å²) in [6, 6.07) is 5.08. The van der Waals surface area contributed by atoms with Crippen LogP contribution >= 0.6 is 0 Å². The van der Waals surface area contributed by atoms with Crippen LogP contribution in [0.25, 0.3) is 11.1 Å². The van der Waals surface area contributed by atoms with Crippen LogP contribution in [0.1, 0.15) is 17.3 Å². The Bertz CT molecular complexity index is 504. The van der Waals surface area contributed by atoms with E-state index >= 15 is 0 Å². The third-order valence-corrected chi connectivity index (χ3v) is 1.93. The number of nitrogens with two attached hydrogens (primary N) is 1. The second kappa shape index (κ2) is 3.61. The SMILES string of the molecule is CCOC(=O)c1cccc2nc(N)oc12. The van der Waals surface area contributed by atoms with E-state index < -0.39 is 5.97 Å². The summed E-state index contributed by atoms with van der Waals surface area (Å²) in [6.07, 6.45) is 0. The van der Waals surface area contributed by atoms with Gasteiger partial charge in [-0.25, -0.2) is 4.79 Å². The third-order valence-electron chi connectivity index (χ3n) is 1.93. The highest BCUT2D eigenvalue weighted by Crippen LogP contribution is 2.21. The van der Waals surface area contributed by atoms with Gasteiger partial charge in [-0.1, -0.05) is 6.07 Å². The summed E-state index contributed by atoms with van der Waals surface area (Å²) in [5.74, 6) is -0.431. The van der Waals surface area contributed by atoms with Gasteiger partial charge in [-0.2, -0.15) is 4.98 Å². The Morgan fingerprint density at radius 2 is 2.40 bits per heavy atom. The number of para-hydroxylation sites is 1. The number of anilines is 1. The molecule has 5 nitrogen and oxygen atoms in total. The van der Waals surface area contributed by atoms with E-state index in [1.54, 1.807) is 25.1 Å². The summed E-state index contributed by atoms with van der Waals surface area (Å²) in [6.45, 7) is 2.06. The van der Waals surface area contributed by atoms with Crippen LogP contribution in [0.5, 0.6) is 0 Å². The van der Waals surface area contributed by atoms with Crippen molar-refractivity contribution in [3.8, 4) is 0 Å². The van der Waals surface area contributed by atoms with Crippen LogP contribution < -0.4 is 5.73 Å². The van der Waals surface area contributed by atoms with Gasteiger partial charge in [0.05, 0.1) is 6.61 Å². The molecule has 0 radical (unpaired) electrons. The first-order valence-electron chi connectivity index (χ1n) is 4.54. The standard InChI is InChI=1S/C10H10N2O3/c1-2-14-9(13)6-4-3-5-7-8(6)15-10(11)12-7/h3-5H,2H2,1H3,(H2,11,12). The number of carbonyl (C=O) groups excluding carboxylic acids is 1. The number of hydrogen-bond acceptors (Lipinski definition) is 5. The topological polar surface area (TPSA) is 78.3 Å². The number of carbonyl (C=O) groups is 1. The van der Waals surface area contributed by atoms with Gasteiger partial charge in [-0.15, -0.1) is 0 Å². The lowest BCUT2D eigenvalue weighted by Gasteiger charge is -2.00. The van der Waals surface area contributed by atoms with E-state index in [1.165, 1.54) is 0 Å². The molecule has 0 spiro atoms. The van der Waals surface area contributed by atoms with Gasteiger partial charge < -0.3 is 14.9 Å². The van der Waals surface area contributed by atoms with Crippen LogP contribution in [-0.4, -0.2) is 17.6 Å². The number of nitrogen functional groups attached to an aromatic ring is 1. The van der Waals surface area contributed by atoms with E-state index in [1.807, 2.05) is 0 Å². The average Bonchev–Trinajstić information content (AvgIpc) is 2.57. The molecule has 0 amide bonds. The molecule has 78 valence electrons. The molecule has 15 heavy (non-hydrogen) atoms. The molecule has 0 unspecified atom stereocenters. The summed E-state index contributed by atoms with van der Waals surface area (Å²) in [7, 11) is 0. The molecular weight excluding hydrogens is 196 g/mol. The van der Waals surface area contributed by atoms with Gasteiger partial charge in [0.25, 0.3) is 6.01 Å². The van der Waals surface area contributed by atoms with Gasteiger partial charge in [0.2, 0.25) is 0 Å². The van der Waals surface area contributed by atoms with E-state index in [4.69, 9.17) is 14.9 Å².